The molecule has 2 aromatic rings. The zero-order valence-corrected chi connectivity index (χ0v) is 7.80. The van der Waals surface area contributed by atoms with E-state index in [1.807, 2.05) is 17.8 Å². The molecule has 2 rings (SSSR count). The summed E-state index contributed by atoms with van der Waals surface area (Å²) in [5, 5.41) is 16.7. The fourth-order valence-electron chi connectivity index (χ4n) is 1.11. The molecule has 2 heterocycles. The number of imidazole rings is 1. The standard InChI is InChI=1S/C7H11N7/c1-14-5-9-3-6(14)2-8-4-7-10-12-13-11-7/h3,5,8H,2,4H2,1H3,(H,10,11,12,13). The van der Waals surface area contributed by atoms with Gasteiger partial charge in [0.05, 0.1) is 18.6 Å². The molecule has 0 aliphatic carbocycles. The number of nitrogens with one attached hydrogen (secondary N) is 2. The molecule has 2 N–H and O–H groups in total. The van der Waals surface area contributed by atoms with Gasteiger partial charge in [0.15, 0.2) is 5.82 Å². The molecule has 0 fully saturated rings. The largest absolute Gasteiger partial charge is 0.337 e. The maximum absolute atomic E-state index is 4.01. The number of H-pyrrole nitrogens is 1. The number of hydrogen-bond acceptors (Lipinski definition) is 5. The molecule has 0 saturated heterocycles. The minimum atomic E-state index is 0.599. The summed E-state index contributed by atoms with van der Waals surface area (Å²) < 4.78 is 1.96. The van der Waals surface area contributed by atoms with Gasteiger partial charge in [-0.05, 0) is 0 Å². The fraction of sp³-hybridized carbons (Fsp3) is 0.429. The van der Waals surface area contributed by atoms with Gasteiger partial charge < -0.3 is 9.88 Å². The van der Waals surface area contributed by atoms with Gasteiger partial charge in [-0.1, -0.05) is 5.21 Å². The predicted octanol–water partition coefficient (Wildman–Crippen LogP) is -0.777. The minimum absolute atomic E-state index is 0.599. The van der Waals surface area contributed by atoms with Crippen LogP contribution in [0, 0.1) is 0 Å². The molecule has 0 spiro atoms. The van der Waals surface area contributed by atoms with Gasteiger partial charge in [0.2, 0.25) is 0 Å². The van der Waals surface area contributed by atoms with Crippen molar-refractivity contribution >= 4 is 0 Å². The average molecular weight is 193 g/mol. The first-order valence-corrected chi connectivity index (χ1v) is 4.24. The summed E-state index contributed by atoms with van der Waals surface area (Å²) in [7, 11) is 1.96. The maximum atomic E-state index is 4.01. The molecule has 0 unspecified atom stereocenters. The Balaban J connectivity index is 1.81. The van der Waals surface area contributed by atoms with Crippen molar-refractivity contribution in [2.24, 2.45) is 7.05 Å². The maximum Gasteiger partial charge on any atom is 0.188 e. The molecule has 0 aromatic carbocycles. The predicted molar refractivity (Wildman–Crippen MR) is 47.9 cm³/mol. The van der Waals surface area contributed by atoms with E-state index in [2.05, 4.69) is 30.9 Å². The summed E-state index contributed by atoms with van der Waals surface area (Å²) in [5.41, 5.74) is 1.12. The smallest absolute Gasteiger partial charge is 0.188 e. The van der Waals surface area contributed by atoms with E-state index >= 15 is 0 Å². The van der Waals surface area contributed by atoms with Gasteiger partial charge in [0, 0.05) is 19.8 Å². The molecule has 7 nitrogen and oxygen atoms in total. The molecule has 2 aromatic heterocycles. The van der Waals surface area contributed by atoms with Crippen molar-refractivity contribution in [3.8, 4) is 0 Å². The van der Waals surface area contributed by atoms with E-state index in [0.717, 1.165) is 12.2 Å². The number of aromatic nitrogens is 6. The monoisotopic (exact) mass is 193 g/mol. The number of hydrogen-bond donors (Lipinski definition) is 2. The van der Waals surface area contributed by atoms with Crippen molar-refractivity contribution in [3.05, 3.63) is 24.0 Å². The Labute approximate surface area is 80.5 Å². The number of rotatable bonds is 4. The third-order valence-electron chi connectivity index (χ3n) is 1.89. The second-order valence-corrected chi connectivity index (χ2v) is 2.93. The van der Waals surface area contributed by atoms with Crippen LogP contribution in [0.1, 0.15) is 11.5 Å². The Bertz CT molecular complexity index is 376. The molecule has 0 saturated carbocycles. The van der Waals surface area contributed by atoms with Crippen molar-refractivity contribution in [2.75, 3.05) is 0 Å². The first-order chi connectivity index (χ1) is 6.86. The number of aryl methyl sites for hydroxylation is 1. The van der Waals surface area contributed by atoms with Crippen molar-refractivity contribution in [1.82, 2.24) is 35.5 Å². The van der Waals surface area contributed by atoms with Crippen LogP contribution in [-0.2, 0) is 20.1 Å². The molecule has 0 amide bonds. The average Bonchev–Trinajstić information content (AvgIpc) is 2.78. The quantitative estimate of drug-likeness (QED) is 0.665. The van der Waals surface area contributed by atoms with E-state index in [0.29, 0.717) is 12.4 Å². The van der Waals surface area contributed by atoms with Crippen LogP contribution in [0.4, 0.5) is 0 Å². The molecule has 0 atom stereocenters. The van der Waals surface area contributed by atoms with E-state index in [9.17, 15) is 0 Å². The van der Waals surface area contributed by atoms with Gasteiger partial charge in [-0.25, -0.2) is 4.98 Å². The molecule has 14 heavy (non-hydrogen) atoms. The topological polar surface area (TPSA) is 84.3 Å². The molecular formula is C7H11N7. The lowest BCUT2D eigenvalue weighted by atomic mass is 10.4. The van der Waals surface area contributed by atoms with Crippen LogP contribution in [-0.4, -0.2) is 30.2 Å². The number of nitrogens with zero attached hydrogens (tertiary/aromatic N) is 5. The lowest BCUT2D eigenvalue weighted by Crippen LogP contribution is -2.15. The van der Waals surface area contributed by atoms with E-state index < -0.39 is 0 Å². The molecule has 0 aliphatic heterocycles. The zero-order chi connectivity index (χ0) is 9.80. The SMILES string of the molecule is Cn1cncc1CNCc1nn[nH]n1. The highest BCUT2D eigenvalue weighted by atomic mass is 15.5. The van der Waals surface area contributed by atoms with Crippen LogP contribution in [0.25, 0.3) is 0 Å². The van der Waals surface area contributed by atoms with Crippen molar-refractivity contribution in [2.45, 2.75) is 13.1 Å². The Morgan fingerprint density at radius 3 is 3.07 bits per heavy atom. The minimum Gasteiger partial charge on any atom is -0.337 e. The van der Waals surface area contributed by atoms with Gasteiger partial charge in [-0.15, -0.1) is 10.2 Å². The third kappa shape index (κ3) is 1.94. The molecule has 74 valence electrons. The molecule has 7 heteroatoms. The zero-order valence-electron chi connectivity index (χ0n) is 7.80. The fourth-order valence-corrected chi connectivity index (χ4v) is 1.11. The molecular weight excluding hydrogens is 182 g/mol. The molecule has 0 bridgehead atoms. The Kier molecular flexibility index (Phi) is 2.50. The van der Waals surface area contributed by atoms with Gasteiger partial charge in [0.25, 0.3) is 0 Å². The summed E-state index contributed by atoms with van der Waals surface area (Å²) in [4.78, 5) is 4.01. The van der Waals surface area contributed by atoms with Gasteiger partial charge in [0.1, 0.15) is 0 Å². The Morgan fingerprint density at radius 2 is 2.43 bits per heavy atom. The van der Waals surface area contributed by atoms with Gasteiger partial charge >= 0.3 is 0 Å². The molecule has 0 radical (unpaired) electrons. The van der Waals surface area contributed by atoms with Crippen molar-refractivity contribution in [3.63, 3.8) is 0 Å². The summed E-state index contributed by atoms with van der Waals surface area (Å²) in [6.45, 7) is 1.34. The summed E-state index contributed by atoms with van der Waals surface area (Å²) >= 11 is 0. The summed E-state index contributed by atoms with van der Waals surface area (Å²) in [5.74, 6) is 0.659. The van der Waals surface area contributed by atoms with Crippen LogP contribution in [0.3, 0.4) is 0 Å². The van der Waals surface area contributed by atoms with E-state index in [1.54, 1.807) is 6.33 Å². The second kappa shape index (κ2) is 3.97. The van der Waals surface area contributed by atoms with Crippen LogP contribution in [0.15, 0.2) is 12.5 Å². The summed E-state index contributed by atoms with van der Waals surface area (Å²) in [6.07, 6.45) is 3.59. The van der Waals surface area contributed by atoms with E-state index in [4.69, 9.17) is 0 Å². The highest BCUT2D eigenvalue weighted by Crippen LogP contribution is 1.95. The summed E-state index contributed by atoms with van der Waals surface area (Å²) in [6, 6.07) is 0. The van der Waals surface area contributed by atoms with Gasteiger partial charge in [-0.3, -0.25) is 0 Å². The number of aromatic amines is 1. The van der Waals surface area contributed by atoms with Crippen molar-refractivity contribution in [1.29, 1.82) is 0 Å². The highest BCUT2D eigenvalue weighted by molar-refractivity contribution is 4.96. The van der Waals surface area contributed by atoms with Crippen molar-refractivity contribution < 1.29 is 0 Å². The Hall–Kier alpha value is -1.76. The van der Waals surface area contributed by atoms with Crippen LogP contribution < -0.4 is 5.32 Å². The lowest BCUT2D eigenvalue weighted by Gasteiger charge is -2.01. The van der Waals surface area contributed by atoms with E-state index in [1.165, 1.54) is 0 Å². The van der Waals surface area contributed by atoms with Crippen LogP contribution >= 0.6 is 0 Å². The third-order valence-corrected chi connectivity index (χ3v) is 1.89. The lowest BCUT2D eigenvalue weighted by molar-refractivity contribution is 0.634. The highest BCUT2D eigenvalue weighted by Gasteiger charge is 1.99. The molecule has 0 aliphatic rings. The first kappa shape index (κ1) is 8.82. The normalized spacial score (nSPS) is 10.6. The first-order valence-electron chi connectivity index (χ1n) is 4.24. The Morgan fingerprint density at radius 1 is 1.50 bits per heavy atom. The second-order valence-electron chi connectivity index (χ2n) is 2.93. The van der Waals surface area contributed by atoms with E-state index in [-0.39, 0.29) is 0 Å². The van der Waals surface area contributed by atoms with Crippen LogP contribution in [0.5, 0.6) is 0 Å². The number of tetrazole rings is 1. The van der Waals surface area contributed by atoms with Gasteiger partial charge in [-0.2, -0.15) is 5.21 Å². The van der Waals surface area contributed by atoms with Crippen LogP contribution in [0.2, 0.25) is 0 Å².